The van der Waals surface area contributed by atoms with Crippen LogP contribution in [-0.4, -0.2) is 82.5 Å². The average Bonchev–Trinajstić information content (AvgIpc) is 3.41. The van der Waals surface area contributed by atoms with Gasteiger partial charge in [0.05, 0.1) is 0 Å². The molecule has 1 N–H and O–H groups in total. The van der Waals surface area contributed by atoms with Gasteiger partial charge < -0.3 is 19.5 Å². The molecule has 0 aliphatic carbocycles. The summed E-state index contributed by atoms with van der Waals surface area (Å²) in [6, 6.07) is 0.604. The molecule has 2 aliphatic rings. The van der Waals surface area contributed by atoms with E-state index in [0.717, 1.165) is 70.0 Å². The number of hydrogen-bond donors (Lipinski definition) is 1. The molecule has 0 bridgehead atoms. The second-order valence-electron chi connectivity index (χ2n) is 7.15. The molecular formula is C19H34IN7O. The van der Waals surface area contributed by atoms with Gasteiger partial charge in [0, 0.05) is 59.0 Å². The fourth-order valence-electron chi connectivity index (χ4n) is 3.55. The molecule has 3 heterocycles. The second kappa shape index (κ2) is 11.7. The molecule has 1 aromatic rings. The molecule has 3 rings (SSSR count). The zero-order valence-corrected chi connectivity index (χ0v) is 19.6. The summed E-state index contributed by atoms with van der Waals surface area (Å²) >= 11 is 0. The van der Waals surface area contributed by atoms with Crippen LogP contribution in [0.15, 0.2) is 17.1 Å². The van der Waals surface area contributed by atoms with E-state index in [1.165, 1.54) is 6.42 Å². The molecule has 158 valence electrons. The molecule has 2 aliphatic heterocycles. The highest BCUT2D eigenvalue weighted by Crippen LogP contribution is 2.18. The Hall–Kier alpha value is -1.20. The number of halogens is 1. The molecule has 1 unspecified atom stereocenters. The van der Waals surface area contributed by atoms with E-state index in [4.69, 9.17) is 9.73 Å². The lowest BCUT2D eigenvalue weighted by molar-refractivity contribution is 0.145. The van der Waals surface area contributed by atoms with Crippen LogP contribution in [0.4, 0.5) is 0 Å². The summed E-state index contributed by atoms with van der Waals surface area (Å²) in [6.07, 6.45) is 6.69. The van der Waals surface area contributed by atoms with Crippen molar-refractivity contribution in [3.05, 3.63) is 23.8 Å². The molecule has 0 spiro atoms. The highest BCUT2D eigenvalue weighted by atomic mass is 127. The van der Waals surface area contributed by atoms with Crippen LogP contribution in [0.5, 0.6) is 0 Å². The number of guanidine groups is 1. The van der Waals surface area contributed by atoms with E-state index >= 15 is 0 Å². The van der Waals surface area contributed by atoms with E-state index in [2.05, 4.69) is 37.5 Å². The normalized spacial score (nSPS) is 20.0. The quantitative estimate of drug-likeness (QED) is 0.191. The molecule has 1 aromatic heterocycles. The Balaban J connectivity index is 0.00000280. The minimum Gasteiger partial charge on any atom is -0.382 e. The van der Waals surface area contributed by atoms with Crippen molar-refractivity contribution >= 4 is 29.9 Å². The van der Waals surface area contributed by atoms with Gasteiger partial charge in [0.25, 0.3) is 0 Å². The second-order valence-corrected chi connectivity index (χ2v) is 7.15. The molecule has 0 amide bonds. The van der Waals surface area contributed by atoms with Crippen molar-refractivity contribution in [2.75, 3.05) is 45.9 Å². The third-order valence-corrected chi connectivity index (χ3v) is 5.33. The largest absolute Gasteiger partial charge is 0.382 e. The molecule has 9 heteroatoms. The van der Waals surface area contributed by atoms with Crippen molar-refractivity contribution in [1.82, 2.24) is 29.9 Å². The Kier molecular flexibility index (Phi) is 9.66. The number of nitrogens with one attached hydrogen (secondary N) is 1. The first kappa shape index (κ1) is 23.1. The highest BCUT2D eigenvalue weighted by molar-refractivity contribution is 14.0. The molecule has 1 atom stereocenters. The molecule has 0 aromatic carbocycles. The maximum atomic E-state index is 5.44. The van der Waals surface area contributed by atoms with Gasteiger partial charge in [-0.25, -0.2) is 4.99 Å². The third kappa shape index (κ3) is 6.15. The van der Waals surface area contributed by atoms with Crippen LogP contribution in [0.2, 0.25) is 0 Å². The van der Waals surface area contributed by atoms with Gasteiger partial charge in [-0.1, -0.05) is 12.2 Å². The fraction of sp³-hybridized carbons (Fsp3) is 0.737. The van der Waals surface area contributed by atoms with Crippen molar-refractivity contribution in [3.8, 4) is 0 Å². The number of nitrogens with zero attached hydrogens (tertiary/aromatic N) is 6. The van der Waals surface area contributed by atoms with Crippen LogP contribution in [-0.2, 0) is 18.3 Å². The van der Waals surface area contributed by atoms with Gasteiger partial charge in [0.1, 0.15) is 12.4 Å². The average molecular weight is 503 g/mol. The lowest BCUT2D eigenvalue weighted by atomic mass is 10.2. The molecular weight excluding hydrogens is 469 g/mol. The molecule has 28 heavy (non-hydrogen) atoms. The van der Waals surface area contributed by atoms with Gasteiger partial charge in [0.15, 0.2) is 11.8 Å². The van der Waals surface area contributed by atoms with E-state index in [1.807, 2.05) is 25.5 Å². The summed E-state index contributed by atoms with van der Waals surface area (Å²) < 4.78 is 7.44. The Morgan fingerprint density at radius 3 is 2.79 bits per heavy atom. The van der Waals surface area contributed by atoms with Crippen molar-refractivity contribution < 1.29 is 4.74 Å². The Morgan fingerprint density at radius 1 is 1.32 bits per heavy atom. The molecule has 8 nitrogen and oxygen atoms in total. The van der Waals surface area contributed by atoms with E-state index < -0.39 is 0 Å². The van der Waals surface area contributed by atoms with Crippen molar-refractivity contribution in [2.45, 2.75) is 39.3 Å². The van der Waals surface area contributed by atoms with Crippen LogP contribution >= 0.6 is 24.0 Å². The first-order valence-corrected chi connectivity index (χ1v) is 10.0. The molecule has 1 saturated heterocycles. The number of ether oxygens (including phenoxy) is 1. The van der Waals surface area contributed by atoms with Crippen LogP contribution in [0.1, 0.15) is 31.4 Å². The third-order valence-electron chi connectivity index (χ3n) is 5.33. The summed E-state index contributed by atoms with van der Waals surface area (Å²) in [5.74, 6) is 2.77. The van der Waals surface area contributed by atoms with Crippen LogP contribution < -0.4 is 5.32 Å². The first-order valence-electron chi connectivity index (χ1n) is 10.0. The minimum absolute atomic E-state index is 0. The summed E-state index contributed by atoms with van der Waals surface area (Å²) in [5.41, 5.74) is 0. The Labute approximate surface area is 185 Å². The zero-order valence-electron chi connectivity index (χ0n) is 17.3. The predicted octanol–water partition coefficient (Wildman–Crippen LogP) is 1.56. The van der Waals surface area contributed by atoms with Gasteiger partial charge in [0.2, 0.25) is 0 Å². The number of likely N-dealkylation sites (tertiary alicyclic amines) is 1. The van der Waals surface area contributed by atoms with Crippen molar-refractivity contribution in [1.29, 1.82) is 0 Å². The standard InChI is InChI=1S/C19H33N7O.HI/c1-4-27-13-7-9-20-19(21-14-18-23-22-16(2)24(18)3)26-12-8-17(15-26)25-10-5-6-11-25;/h5-6,17H,4,7-15H2,1-3H3,(H,20,21);1H. The van der Waals surface area contributed by atoms with E-state index in [1.54, 1.807) is 0 Å². The maximum absolute atomic E-state index is 5.44. The number of aryl methyl sites for hydroxylation is 1. The minimum atomic E-state index is 0. The molecule has 0 radical (unpaired) electrons. The van der Waals surface area contributed by atoms with Gasteiger partial charge in [-0.3, -0.25) is 4.90 Å². The van der Waals surface area contributed by atoms with Crippen LogP contribution in [0.25, 0.3) is 0 Å². The number of aliphatic imine (C=N–C) groups is 1. The lowest BCUT2D eigenvalue weighted by Gasteiger charge is -2.25. The number of hydrogen-bond acceptors (Lipinski definition) is 5. The first-order chi connectivity index (χ1) is 13.2. The van der Waals surface area contributed by atoms with Gasteiger partial charge >= 0.3 is 0 Å². The fourth-order valence-corrected chi connectivity index (χ4v) is 3.55. The van der Waals surface area contributed by atoms with Gasteiger partial charge in [-0.05, 0) is 26.7 Å². The monoisotopic (exact) mass is 503 g/mol. The van der Waals surface area contributed by atoms with Crippen molar-refractivity contribution in [3.63, 3.8) is 0 Å². The highest BCUT2D eigenvalue weighted by Gasteiger charge is 2.29. The molecule has 1 fully saturated rings. The van der Waals surface area contributed by atoms with Crippen LogP contribution in [0, 0.1) is 6.92 Å². The SMILES string of the molecule is CCOCCCNC(=NCc1nnc(C)n1C)N1CCC(N2CC=CC2)C1.I. The topological polar surface area (TPSA) is 70.8 Å². The lowest BCUT2D eigenvalue weighted by Crippen LogP contribution is -2.43. The van der Waals surface area contributed by atoms with E-state index in [9.17, 15) is 0 Å². The number of rotatable bonds is 8. The number of aromatic nitrogens is 3. The smallest absolute Gasteiger partial charge is 0.194 e. The zero-order chi connectivity index (χ0) is 19.1. The maximum Gasteiger partial charge on any atom is 0.194 e. The van der Waals surface area contributed by atoms with Gasteiger partial charge in [-0.15, -0.1) is 34.2 Å². The van der Waals surface area contributed by atoms with Crippen LogP contribution in [0.3, 0.4) is 0 Å². The van der Waals surface area contributed by atoms with E-state index in [-0.39, 0.29) is 24.0 Å². The summed E-state index contributed by atoms with van der Waals surface area (Å²) in [7, 11) is 1.99. The van der Waals surface area contributed by atoms with Crippen molar-refractivity contribution in [2.24, 2.45) is 12.0 Å². The predicted molar refractivity (Wildman–Crippen MR) is 122 cm³/mol. The molecule has 0 saturated carbocycles. The van der Waals surface area contributed by atoms with E-state index in [0.29, 0.717) is 12.6 Å². The van der Waals surface area contributed by atoms with Gasteiger partial charge in [-0.2, -0.15) is 0 Å². The Morgan fingerprint density at radius 2 is 2.11 bits per heavy atom. The summed E-state index contributed by atoms with van der Waals surface area (Å²) in [4.78, 5) is 9.78. The summed E-state index contributed by atoms with van der Waals surface area (Å²) in [6.45, 7) is 11.2. The summed E-state index contributed by atoms with van der Waals surface area (Å²) in [5, 5.41) is 11.9. The Bertz CT molecular complexity index is 653.